The fraction of sp³-hybridized carbons (Fsp3) is 0.115. The van der Waals surface area contributed by atoms with Crippen molar-refractivity contribution in [2.45, 2.75) is 13.2 Å². The third-order valence-corrected chi connectivity index (χ3v) is 4.69. The molecule has 1 aromatic heterocycles. The van der Waals surface area contributed by atoms with Crippen LogP contribution in [0.2, 0.25) is 0 Å². The van der Waals surface area contributed by atoms with Gasteiger partial charge < -0.3 is 24.8 Å². The second kappa shape index (κ2) is 10.8. The lowest BCUT2D eigenvalue weighted by molar-refractivity contribution is 0.213. The van der Waals surface area contributed by atoms with Gasteiger partial charge in [-0.3, -0.25) is 9.80 Å². The van der Waals surface area contributed by atoms with Gasteiger partial charge >= 0.3 is 0 Å². The molecule has 0 radical (unpaired) electrons. The highest BCUT2D eigenvalue weighted by Crippen LogP contribution is 2.19. The predicted octanol–water partition coefficient (Wildman–Crippen LogP) is 1.99. The van der Waals surface area contributed by atoms with Crippen LogP contribution < -0.4 is 21.1 Å². The first kappa shape index (κ1) is 22.6. The molecule has 170 valence electrons. The number of nitrogens with one attached hydrogen (secondary N) is 2. The zero-order chi connectivity index (χ0) is 23.8. The Hall–Kier alpha value is -4.63. The second-order valence-corrected chi connectivity index (χ2v) is 7.20. The van der Waals surface area contributed by atoms with Crippen molar-refractivity contribution in [2.75, 3.05) is 6.61 Å². The van der Waals surface area contributed by atoms with Gasteiger partial charge in [0.2, 0.25) is 11.2 Å². The molecule has 0 spiro atoms. The summed E-state index contributed by atoms with van der Waals surface area (Å²) in [6.07, 6.45) is 1.64. The van der Waals surface area contributed by atoms with Crippen molar-refractivity contribution in [1.82, 2.24) is 16.0 Å². The number of nitrogens with zero attached hydrogens (tertiary/aromatic N) is 1. The SMILES string of the molecule is O=c1cc(CN2C=C(CO)NN2)oc(COc2ccc(C#CC#Cc3ccccc3)cc2)c1O. The summed E-state index contributed by atoms with van der Waals surface area (Å²) in [7, 11) is 0. The lowest BCUT2D eigenvalue weighted by Gasteiger charge is -2.15. The van der Waals surface area contributed by atoms with E-state index in [-0.39, 0.29) is 25.5 Å². The molecule has 2 heterocycles. The van der Waals surface area contributed by atoms with Crippen LogP contribution in [0.4, 0.5) is 0 Å². The molecule has 34 heavy (non-hydrogen) atoms. The molecule has 3 aromatic rings. The van der Waals surface area contributed by atoms with Gasteiger partial charge in [-0.05, 0) is 48.2 Å². The van der Waals surface area contributed by atoms with E-state index in [0.29, 0.717) is 17.2 Å². The van der Waals surface area contributed by atoms with E-state index in [4.69, 9.17) is 14.3 Å². The van der Waals surface area contributed by atoms with E-state index in [0.717, 1.165) is 11.1 Å². The molecule has 0 aliphatic carbocycles. The predicted molar refractivity (Wildman–Crippen MR) is 125 cm³/mol. The number of aliphatic hydroxyl groups excluding tert-OH is 1. The van der Waals surface area contributed by atoms with Crippen LogP contribution in [0.25, 0.3) is 0 Å². The highest BCUT2D eigenvalue weighted by molar-refractivity contribution is 5.45. The Bertz CT molecular complexity index is 1360. The smallest absolute Gasteiger partial charge is 0.227 e. The number of ether oxygens (including phenoxy) is 1. The Morgan fingerprint density at radius 1 is 1.00 bits per heavy atom. The molecule has 4 rings (SSSR count). The summed E-state index contributed by atoms with van der Waals surface area (Å²) in [5, 5.41) is 20.8. The minimum Gasteiger partial charge on any atom is -0.502 e. The van der Waals surface area contributed by atoms with Gasteiger partial charge in [0.05, 0.1) is 18.8 Å². The maximum atomic E-state index is 12.1. The van der Waals surface area contributed by atoms with Crippen LogP contribution in [0.15, 0.2) is 81.8 Å². The maximum Gasteiger partial charge on any atom is 0.227 e. The largest absolute Gasteiger partial charge is 0.502 e. The van der Waals surface area contributed by atoms with Crippen LogP contribution in [0.5, 0.6) is 11.5 Å². The quantitative estimate of drug-likeness (QED) is 0.418. The Kier molecular flexibility index (Phi) is 7.16. The molecule has 0 amide bonds. The highest BCUT2D eigenvalue weighted by atomic mass is 16.5. The Morgan fingerprint density at radius 3 is 2.38 bits per heavy atom. The molecule has 1 aliphatic heterocycles. The molecule has 4 N–H and O–H groups in total. The van der Waals surface area contributed by atoms with Gasteiger partial charge in [-0.2, -0.15) is 0 Å². The summed E-state index contributed by atoms with van der Waals surface area (Å²) >= 11 is 0. The first-order chi connectivity index (χ1) is 16.6. The first-order valence-corrected chi connectivity index (χ1v) is 10.4. The number of hydrogen-bond donors (Lipinski definition) is 4. The average molecular weight is 455 g/mol. The summed E-state index contributed by atoms with van der Waals surface area (Å²) in [5.74, 6) is 11.9. The number of hydrazine groups is 2. The van der Waals surface area contributed by atoms with Gasteiger partial charge in [0.1, 0.15) is 18.1 Å². The summed E-state index contributed by atoms with van der Waals surface area (Å²) in [6, 6.07) is 17.9. The van der Waals surface area contributed by atoms with Gasteiger partial charge in [0.25, 0.3) is 0 Å². The van der Waals surface area contributed by atoms with Gasteiger partial charge in [0.15, 0.2) is 5.76 Å². The molecule has 0 fully saturated rings. The van der Waals surface area contributed by atoms with E-state index < -0.39 is 11.2 Å². The Labute approximate surface area is 196 Å². The van der Waals surface area contributed by atoms with E-state index in [1.807, 2.05) is 30.3 Å². The van der Waals surface area contributed by atoms with E-state index in [9.17, 15) is 9.90 Å². The highest BCUT2D eigenvalue weighted by Gasteiger charge is 2.16. The standard InChI is InChI=1S/C26H21N3O5/c30-17-21-15-29(28-27-21)16-23-14-24(31)26(32)25(34-23)18-33-22-12-10-20(11-13-22)9-5-4-8-19-6-2-1-3-7-19/h1-3,6-7,10-15,27-28,30,32H,16-18H2. The van der Waals surface area contributed by atoms with E-state index in [1.54, 1.807) is 35.5 Å². The normalized spacial score (nSPS) is 12.0. The zero-order valence-corrected chi connectivity index (χ0v) is 18.0. The van der Waals surface area contributed by atoms with Crippen molar-refractivity contribution >= 4 is 0 Å². The maximum absolute atomic E-state index is 12.1. The van der Waals surface area contributed by atoms with Gasteiger partial charge in [0, 0.05) is 23.4 Å². The molecular formula is C26H21N3O5. The second-order valence-electron chi connectivity index (χ2n) is 7.20. The van der Waals surface area contributed by atoms with Crippen molar-refractivity contribution in [3.05, 3.63) is 105 Å². The fourth-order valence-corrected chi connectivity index (χ4v) is 3.01. The van der Waals surface area contributed by atoms with E-state index in [2.05, 4.69) is 34.6 Å². The van der Waals surface area contributed by atoms with Crippen LogP contribution in [-0.4, -0.2) is 21.8 Å². The van der Waals surface area contributed by atoms with Crippen molar-refractivity contribution < 1.29 is 19.4 Å². The third-order valence-electron chi connectivity index (χ3n) is 4.69. The van der Waals surface area contributed by atoms with E-state index >= 15 is 0 Å². The number of rotatable bonds is 6. The third kappa shape index (κ3) is 5.99. The number of aromatic hydroxyl groups is 1. The van der Waals surface area contributed by atoms with Gasteiger partial charge in [-0.1, -0.05) is 30.0 Å². The molecule has 0 saturated heterocycles. The monoisotopic (exact) mass is 455 g/mol. The van der Waals surface area contributed by atoms with Crippen LogP contribution in [0.3, 0.4) is 0 Å². The molecule has 1 aliphatic rings. The van der Waals surface area contributed by atoms with Crippen LogP contribution in [0, 0.1) is 23.7 Å². The minimum atomic E-state index is -0.569. The van der Waals surface area contributed by atoms with Gasteiger partial charge in [-0.15, -0.1) is 5.53 Å². The number of benzene rings is 2. The van der Waals surface area contributed by atoms with Crippen LogP contribution in [-0.2, 0) is 13.2 Å². The molecule has 0 atom stereocenters. The zero-order valence-electron chi connectivity index (χ0n) is 18.0. The summed E-state index contributed by atoms with van der Waals surface area (Å²) in [6.45, 7) is -0.0982. The Morgan fingerprint density at radius 2 is 1.71 bits per heavy atom. The number of aliphatic hydroxyl groups is 1. The van der Waals surface area contributed by atoms with Gasteiger partial charge in [-0.25, -0.2) is 0 Å². The fourth-order valence-electron chi connectivity index (χ4n) is 3.01. The lowest BCUT2D eigenvalue weighted by atomic mass is 10.2. The van der Waals surface area contributed by atoms with Crippen molar-refractivity contribution in [1.29, 1.82) is 0 Å². The molecule has 2 aromatic carbocycles. The van der Waals surface area contributed by atoms with Crippen LogP contribution >= 0.6 is 0 Å². The topological polar surface area (TPSA) is 107 Å². The molecular weight excluding hydrogens is 434 g/mol. The first-order valence-electron chi connectivity index (χ1n) is 10.4. The molecule has 8 nitrogen and oxygen atoms in total. The molecule has 0 unspecified atom stereocenters. The van der Waals surface area contributed by atoms with Crippen molar-refractivity contribution in [3.8, 4) is 35.2 Å². The van der Waals surface area contributed by atoms with Crippen LogP contribution in [0.1, 0.15) is 22.6 Å². The number of hydrogen-bond acceptors (Lipinski definition) is 8. The lowest BCUT2D eigenvalue weighted by Crippen LogP contribution is -2.36. The van der Waals surface area contributed by atoms with Crippen molar-refractivity contribution in [2.24, 2.45) is 0 Å². The summed E-state index contributed by atoms with van der Waals surface area (Å²) in [5.41, 5.74) is 7.25. The molecule has 8 heteroatoms. The van der Waals surface area contributed by atoms with E-state index in [1.165, 1.54) is 6.07 Å². The molecule has 0 bridgehead atoms. The summed E-state index contributed by atoms with van der Waals surface area (Å²) in [4.78, 5) is 12.1. The molecule has 0 saturated carbocycles. The summed E-state index contributed by atoms with van der Waals surface area (Å²) < 4.78 is 11.3. The van der Waals surface area contributed by atoms with Crippen molar-refractivity contribution in [3.63, 3.8) is 0 Å². The minimum absolute atomic E-state index is 0.0149. The Balaban J connectivity index is 1.37. The average Bonchev–Trinajstić information content (AvgIpc) is 3.32.